The van der Waals surface area contributed by atoms with Crippen LogP contribution in [0.1, 0.15) is 15.9 Å². The van der Waals surface area contributed by atoms with Gasteiger partial charge in [0.2, 0.25) is 0 Å². The van der Waals surface area contributed by atoms with Crippen LogP contribution in [0.25, 0.3) is 6.08 Å². The topological polar surface area (TPSA) is 78.7 Å². The summed E-state index contributed by atoms with van der Waals surface area (Å²) in [5.41, 5.74) is 0.859. The van der Waals surface area contributed by atoms with Gasteiger partial charge in [-0.25, -0.2) is 0 Å². The van der Waals surface area contributed by atoms with Gasteiger partial charge in [-0.1, -0.05) is 18.2 Å². The molecule has 0 saturated carbocycles. The number of ketones is 1. The highest BCUT2D eigenvalue weighted by molar-refractivity contribution is 6.07. The van der Waals surface area contributed by atoms with Crippen molar-refractivity contribution in [3.8, 4) is 11.5 Å². The van der Waals surface area contributed by atoms with Crippen molar-refractivity contribution >= 4 is 17.5 Å². The molecule has 0 bridgehead atoms. The number of carbonyl (C=O) groups excluding carboxylic acids is 1. The number of nitro groups is 1. The van der Waals surface area contributed by atoms with Gasteiger partial charge in [-0.05, 0) is 23.8 Å². The Morgan fingerprint density at radius 1 is 1.09 bits per heavy atom. The summed E-state index contributed by atoms with van der Waals surface area (Å²) >= 11 is 0. The number of non-ortho nitro benzene ring substituents is 1. The SMILES string of the molecule is COc1cc(/C=C/C(=O)c2cccc([N+](=O)[O-])c2)cc(OC)c1. The lowest BCUT2D eigenvalue weighted by atomic mass is 10.1. The average Bonchev–Trinajstić information content (AvgIpc) is 2.59. The Hall–Kier alpha value is -3.15. The van der Waals surface area contributed by atoms with Gasteiger partial charge in [0.05, 0.1) is 19.1 Å². The summed E-state index contributed by atoms with van der Waals surface area (Å²) in [6.07, 6.45) is 2.96. The van der Waals surface area contributed by atoms with Crippen molar-refractivity contribution in [3.63, 3.8) is 0 Å². The molecule has 118 valence electrons. The molecule has 2 aromatic rings. The van der Waals surface area contributed by atoms with Gasteiger partial charge in [0.25, 0.3) is 5.69 Å². The van der Waals surface area contributed by atoms with Crippen LogP contribution in [-0.2, 0) is 0 Å². The monoisotopic (exact) mass is 313 g/mol. The number of methoxy groups -OCH3 is 2. The standard InChI is InChI=1S/C17H15NO5/c1-22-15-8-12(9-16(11-15)23-2)6-7-17(19)13-4-3-5-14(10-13)18(20)21/h3-11H,1-2H3/b7-6+. The molecule has 0 fully saturated rings. The number of hydrogen-bond acceptors (Lipinski definition) is 5. The summed E-state index contributed by atoms with van der Waals surface area (Å²) < 4.78 is 10.3. The molecule has 0 unspecified atom stereocenters. The predicted octanol–water partition coefficient (Wildman–Crippen LogP) is 3.51. The Morgan fingerprint density at radius 3 is 2.30 bits per heavy atom. The molecule has 6 nitrogen and oxygen atoms in total. The summed E-state index contributed by atoms with van der Waals surface area (Å²) in [5, 5.41) is 10.7. The molecule has 2 aromatic carbocycles. The second kappa shape index (κ2) is 7.22. The van der Waals surface area contributed by atoms with E-state index in [0.29, 0.717) is 11.5 Å². The highest BCUT2D eigenvalue weighted by atomic mass is 16.6. The van der Waals surface area contributed by atoms with Gasteiger partial charge >= 0.3 is 0 Å². The van der Waals surface area contributed by atoms with Crippen molar-refractivity contribution in [1.29, 1.82) is 0 Å². The first-order valence-corrected chi connectivity index (χ1v) is 6.73. The molecule has 0 spiro atoms. The van der Waals surface area contributed by atoms with E-state index in [9.17, 15) is 14.9 Å². The predicted molar refractivity (Wildman–Crippen MR) is 86.0 cm³/mol. The van der Waals surface area contributed by atoms with Gasteiger partial charge in [-0.2, -0.15) is 0 Å². The Bertz CT molecular complexity index is 745. The normalized spacial score (nSPS) is 10.5. The largest absolute Gasteiger partial charge is 0.497 e. The zero-order valence-electron chi connectivity index (χ0n) is 12.7. The Labute approximate surface area is 133 Å². The molecule has 0 atom stereocenters. The lowest BCUT2D eigenvalue weighted by molar-refractivity contribution is -0.384. The van der Waals surface area contributed by atoms with E-state index in [4.69, 9.17) is 9.47 Å². The highest BCUT2D eigenvalue weighted by Gasteiger charge is 2.09. The van der Waals surface area contributed by atoms with Gasteiger partial charge in [0, 0.05) is 23.8 Å². The summed E-state index contributed by atoms with van der Waals surface area (Å²) in [4.78, 5) is 22.3. The average molecular weight is 313 g/mol. The van der Waals surface area contributed by atoms with Gasteiger partial charge < -0.3 is 9.47 Å². The number of hydrogen-bond donors (Lipinski definition) is 0. The molecule has 6 heteroatoms. The minimum Gasteiger partial charge on any atom is -0.497 e. The first-order chi connectivity index (χ1) is 11.0. The molecule has 0 radical (unpaired) electrons. The number of allylic oxidation sites excluding steroid dienone is 1. The van der Waals surface area contributed by atoms with Crippen LogP contribution < -0.4 is 9.47 Å². The Morgan fingerprint density at radius 2 is 1.74 bits per heavy atom. The van der Waals surface area contributed by atoms with E-state index in [1.165, 1.54) is 44.6 Å². The maximum absolute atomic E-state index is 12.1. The number of benzene rings is 2. The van der Waals surface area contributed by atoms with Crippen LogP contribution in [0.4, 0.5) is 5.69 Å². The first kappa shape index (κ1) is 16.2. The van der Waals surface area contributed by atoms with Crippen molar-refractivity contribution in [2.45, 2.75) is 0 Å². The molecule has 0 amide bonds. The third kappa shape index (κ3) is 4.16. The van der Waals surface area contributed by atoms with Gasteiger partial charge in [0.15, 0.2) is 5.78 Å². The molecule has 0 aliphatic rings. The van der Waals surface area contributed by atoms with Crippen molar-refractivity contribution in [3.05, 3.63) is 69.8 Å². The smallest absolute Gasteiger partial charge is 0.270 e. The van der Waals surface area contributed by atoms with Crippen molar-refractivity contribution in [2.75, 3.05) is 14.2 Å². The molecule has 0 aliphatic heterocycles. The second-order valence-electron chi connectivity index (χ2n) is 4.65. The number of nitro benzene ring substituents is 1. The summed E-state index contributed by atoms with van der Waals surface area (Å²) in [6.45, 7) is 0. The van der Waals surface area contributed by atoms with E-state index in [1.807, 2.05) is 0 Å². The van der Waals surface area contributed by atoms with Crippen LogP contribution in [0, 0.1) is 10.1 Å². The quantitative estimate of drug-likeness (QED) is 0.353. The van der Waals surface area contributed by atoms with E-state index >= 15 is 0 Å². The van der Waals surface area contributed by atoms with Crippen LogP contribution in [0.15, 0.2) is 48.5 Å². The molecule has 0 saturated heterocycles. The summed E-state index contributed by atoms with van der Waals surface area (Å²) in [7, 11) is 3.08. The molecule has 2 rings (SSSR count). The molecular formula is C17H15NO5. The zero-order valence-corrected chi connectivity index (χ0v) is 12.7. The fourth-order valence-corrected chi connectivity index (χ4v) is 1.97. The summed E-state index contributed by atoms with van der Waals surface area (Å²) in [5.74, 6) is 0.883. The van der Waals surface area contributed by atoms with E-state index in [2.05, 4.69) is 0 Å². The lowest BCUT2D eigenvalue weighted by Gasteiger charge is -2.05. The highest BCUT2D eigenvalue weighted by Crippen LogP contribution is 2.23. The van der Waals surface area contributed by atoms with E-state index < -0.39 is 4.92 Å². The minimum atomic E-state index is -0.534. The first-order valence-electron chi connectivity index (χ1n) is 6.73. The van der Waals surface area contributed by atoms with E-state index in [0.717, 1.165) is 5.56 Å². The Balaban J connectivity index is 2.24. The van der Waals surface area contributed by atoms with Crippen molar-refractivity contribution < 1.29 is 19.2 Å². The molecular weight excluding hydrogens is 298 g/mol. The number of rotatable bonds is 6. The maximum Gasteiger partial charge on any atom is 0.270 e. The molecule has 23 heavy (non-hydrogen) atoms. The van der Waals surface area contributed by atoms with Crippen LogP contribution in [0.5, 0.6) is 11.5 Å². The fourth-order valence-electron chi connectivity index (χ4n) is 1.97. The van der Waals surface area contributed by atoms with Gasteiger partial charge in [0.1, 0.15) is 11.5 Å². The van der Waals surface area contributed by atoms with Gasteiger partial charge in [-0.15, -0.1) is 0 Å². The lowest BCUT2D eigenvalue weighted by Crippen LogP contribution is -1.96. The molecule has 0 N–H and O–H groups in total. The molecule has 0 heterocycles. The van der Waals surface area contributed by atoms with Crippen molar-refractivity contribution in [1.82, 2.24) is 0 Å². The van der Waals surface area contributed by atoms with E-state index in [1.54, 1.807) is 24.3 Å². The number of ether oxygens (including phenoxy) is 2. The van der Waals surface area contributed by atoms with Crippen LogP contribution >= 0.6 is 0 Å². The van der Waals surface area contributed by atoms with Gasteiger partial charge in [-0.3, -0.25) is 14.9 Å². The number of carbonyl (C=O) groups is 1. The summed E-state index contributed by atoms with van der Waals surface area (Å²) in [6, 6.07) is 10.8. The van der Waals surface area contributed by atoms with Crippen LogP contribution in [0.3, 0.4) is 0 Å². The molecule has 0 aromatic heterocycles. The third-order valence-electron chi connectivity index (χ3n) is 3.14. The zero-order chi connectivity index (χ0) is 16.8. The number of nitrogens with zero attached hydrogens (tertiary/aromatic N) is 1. The van der Waals surface area contributed by atoms with E-state index in [-0.39, 0.29) is 17.0 Å². The third-order valence-corrected chi connectivity index (χ3v) is 3.14. The van der Waals surface area contributed by atoms with Crippen LogP contribution in [0.2, 0.25) is 0 Å². The Kier molecular flexibility index (Phi) is 5.09. The maximum atomic E-state index is 12.1. The second-order valence-corrected chi connectivity index (χ2v) is 4.65. The van der Waals surface area contributed by atoms with Crippen molar-refractivity contribution in [2.24, 2.45) is 0 Å². The van der Waals surface area contributed by atoms with Crippen LogP contribution in [-0.4, -0.2) is 24.9 Å². The fraction of sp³-hybridized carbons (Fsp3) is 0.118. The molecule has 0 aliphatic carbocycles. The minimum absolute atomic E-state index is 0.118.